The van der Waals surface area contributed by atoms with E-state index < -0.39 is 55.7 Å². The van der Waals surface area contributed by atoms with Crippen LogP contribution in [0.2, 0.25) is 0 Å². The Labute approximate surface area is 208 Å². The summed E-state index contributed by atoms with van der Waals surface area (Å²) in [7, 11) is 0. The zero-order valence-corrected chi connectivity index (χ0v) is 21.6. The maximum absolute atomic E-state index is 9.76. The van der Waals surface area contributed by atoms with E-state index in [0.29, 0.717) is 25.7 Å². The largest absolute Gasteiger partial charge is 0.481 e. The molecule has 12 nitrogen and oxygen atoms in total. The van der Waals surface area contributed by atoms with Crippen LogP contribution in [0.1, 0.15) is 91.9 Å². The van der Waals surface area contributed by atoms with E-state index in [1.807, 2.05) is 27.7 Å². The number of carboxylic acids is 4. The molecule has 0 aromatic carbocycles. The first-order valence-corrected chi connectivity index (χ1v) is 11.6. The van der Waals surface area contributed by atoms with Gasteiger partial charge in [-0.3, -0.25) is 19.2 Å². The fourth-order valence-electron chi connectivity index (χ4n) is 1.38. The third kappa shape index (κ3) is 49.8. The molecule has 35 heavy (non-hydrogen) atoms. The van der Waals surface area contributed by atoms with Crippen molar-refractivity contribution in [3.63, 3.8) is 0 Å². The molecule has 0 aliphatic heterocycles. The quantitative estimate of drug-likeness (QED) is 0.166. The van der Waals surface area contributed by atoms with Crippen LogP contribution in [0.5, 0.6) is 0 Å². The van der Waals surface area contributed by atoms with Gasteiger partial charge in [-0.1, -0.05) is 40.5 Å². The fraction of sp³-hybridized carbons (Fsp3) is 0.826. The van der Waals surface area contributed by atoms with Gasteiger partial charge in [0.1, 0.15) is 0 Å². The van der Waals surface area contributed by atoms with E-state index in [0.717, 1.165) is 38.5 Å². The second-order valence-electron chi connectivity index (χ2n) is 7.41. The van der Waals surface area contributed by atoms with Gasteiger partial charge in [-0.25, -0.2) is 0 Å². The maximum Gasteiger partial charge on any atom is 0.303 e. The van der Waals surface area contributed by atoms with Crippen molar-refractivity contribution in [1.82, 2.24) is 0 Å². The van der Waals surface area contributed by atoms with E-state index in [2.05, 4.69) is 0 Å². The van der Waals surface area contributed by atoms with Crippen molar-refractivity contribution >= 4 is 23.9 Å². The Morgan fingerprint density at radius 2 is 0.686 bits per heavy atom. The number of aliphatic hydroxyl groups is 4. The molecule has 0 saturated carbocycles. The number of hydrogen-bond donors (Lipinski definition) is 8. The molecular weight excluding hydrogens is 468 g/mol. The average molecular weight is 517 g/mol. The first kappa shape index (κ1) is 42.8. The molecule has 0 rings (SSSR count). The van der Waals surface area contributed by atoms with Crippen LogP contribution in [0.15, 0.2) is 0 Å². The molecule has 0 aromatic heterocycles. The van der Waals surface area contributed by atoms with Crippen molar-refractivity contribution in [2.75, 3.05) is 26.4 Å². The average Bonchev–Trinajstić information content (AvgIpc) is 2.79. The molecule has 0 aliphatic carbocycles. The first-order chi connectivity index (χ1) is 16.3. The van der Waals surface area contributed by atoms with Crippen molar-refractivity contribution in [3.8, 4) is 0 Å². The van der Waals surface area contributed by atoms with Crippen molar-refractivity contribution in [2.24, 2.45) is 5.41 Å². The summed E-state index contributed by atoms with van der Waals surface area (Å²) in [6.07, 6.45) is 6.21. The van der Waals surface area contributed by atoms with Crippen LogP contribution < -0.4 is 0 Å². The van der Waals surface area contributed by atoms with Crippen LogP contribution in [0.4, 0.5) is 0 Å². The number of rotatable bonds is 14. The van der Waals surface area contributed by atoms with Gasteiger partial charge >= 0.3 is 23.9 Å². The SMILES string of the molecule is CCCC(=O)O.CCCC(=O)O.CCCCC(=O)O.CCCCC(=O)O.OCC(CO)(CO)CO. The Morgan fingerprint density at radius 3 is 0.714 bits per heavy atom. The summed E-state index contributed by atoms with van der Waals surface area (Å²) in [5.74, 6) is -2.81. The molecule has 0 bridgehead atoms. The molecule has 0 atom stereocenters. The molecule has 0 spiro atoms. The number of aliphatic carboxylic acids is 4. The first-order valence-electron chi connectivity index (χ1n) is 11.6. The molecule has 0 heterocycles. The van der Waals surface area contributed by atoms with Gasteiger partial charge in [0.2, 0.25) is 0 Å². The normalized spacial score (nSPS) is 9.37. The number of carboxylic acid groups (broad SMARTS) is 4. The van der Waals surface area contributed by atoms with Crippen molar-refractivity contribution < 1.29 is 60.0 Å². The second-order valence-corrected chi connectivity index (χ2v) is 7.41. The van der Waals surface area contributed by atoms with Gasteiger partial charge < -0.3 is 40.9 Å². The minimum absolute atomic E-state index is 0.292. The molecular formula is C23H48O12. The van der Waals surface area contributed by atoms with Crippen molar-refractivity contribution in [3.05, 3.63) is 0 Å². The summed E-state index contributed by atoms with van der Waals surface area (Å²) in [5.41, 5.74) is -1.11. The van der Waals surface area contributed by atoms with E-state index in [1.54, 1.807) is 0 Å². The van der Waals surface area contributed by atoms with E-state index in [1.165, 1.54) is 0 Å². The smallest absolute Gasteiger partial charge is 0.303 e. The lowest BCUT2D eigenvalue weighted by atomic mass is 9.93. The molecule has 8 N–H and O–H groups in total. The van der Waals surface area contributed by atoms with Gasteiger partial charge in [0, 0.05) is 25.7 Å². The second kappa shape index (κ2) is 33.9. The molecule has 0 amide bonds. The maximum atomic E-state index is 9.76. The van der Waals surface area contributed by atoms with Crippen LogP contribution in [0.25, 0.3) is 0 Å². The predicted octanol–water partition coefficient (Wildman–Crippen LogP) is 2.21. The third-order valence-electron chi connectivity index (χ3n) is 3.76. The number of carbonyl (C=O) groups is 4. The highest BCUT2D eigenvalue weighted by Gasteiger charge is 2.26. The summed E-state index contributed by atoms with van der Waals surface area (Å²) in [6.45, 7) is 6.01. The molecule has 0 radical (unpaired) electrons. The lowest BCUT2D eigenvalue weighted by Crippen LogP contribution is -2.37. The van der Waals surface area contributed by atoms with Crippen molar-refractivity contribution in [1.29, 1.82) is 0 Å². The Bertz CT molecular complexity index is 439. The van der Waals surface area contributed by atoms with Crippen LogP contribution in [-0.4, -0.2) is 91.2 Å². The van der Waals surface area contributed by atoms with Crippen LogP contribution in [-0.2, 0) is 19.2 Å². The molecule has 0 aliphatic rings. The highest BCUT2D eigenvalue weighted by Crippen LogP contribution is 2.11. The molecule has 212 valence electrons. The van der Waals surface area contributed by atoms with Gasteiger partial charge in [-0.2, -0.15) is 0 Å². The van der Waals surface area contributed by atoms with Crippen LogP contribution >= 0.6 is 0 Å². The van der Waals surface area contributed by atoms with Gasteiger partial charge in [-0.05, 0) is 25.7 Å². The minimum atomic E-state index is -1.11. The Balaban J connectivity index is -0.000000108. The summed E-state index contributed by atoms with van der Waals surface area (Å²) in [5, 5.41) is 65.9. The monoisotopic (exact) mass is 516 g/mol. The Morgan fingerprint density at radius 1 is 0.457 bits per heavy atom. The van der Waals surface area contributed by atoms with Gasteiger partial charge in [0.15, 0.2) is 0 Å². The number of unbranched alkanes of at least 4 members (excludes halogenated alkanes) is 2. The highest BCUT2D eigenvalue weighted by molar-refractivity contribution is 5.67. The topological polar surface area (TPSA) is 230 Å². The standard InChI is InChI=1S/C5H12O4.2C5H10O2.2C4H8O2/c6-1-5(2-7,3-8)4-9;2*1-2-3-4-5(6)7;2*1-2-3-4(5)6/h6-9H,1-4H2;2*2-4H2,1H3,(H,6,7);2*2-3H2,1H3,(H,5,6). The van der Waals surface area contributed by atoms with Gasteiger partial charge in [0.25, 0.3) is 0 Å². The number of aliphatic hydroxyl groups excluding tert-OH is 4. The molecule has 0 fully saturated rings. The van der Waals surface area contributed by atoms with Gasteiger partial charge in [0.05, 0.1) is 31.8 Å². The van der Waals surface area contributed by atoms with Gasteiger partial charge in [-0.15, -0.1) is 0 Å². The predicted molar refractivity (Wildman–Crippen MR) is 130 cm³/mol. The molecule has 0 saturated heterocycles. The van der Waals surface area contributed by atoms with E-state index in [-0.39, 0.29) is 0 Å². The molecule has 0 aromatic rings. The summed E-state index contributed by atoms with van der Waals surface area (Å²) < 4.78 is 0. The molecule has 0 unspecified atom stereocenters. The molecule has 12 heteroatoms. The van der Waals surface area contributed by atoms with Crippen LogP contribution in [0, 0.1) is 5.41 Å². The van der Waals surface area contributed by atoms with E-state index in [9.17, 15) is 19.2 Å². The number of hydrogen-bond acceptors (Lipinski definition) is 8. The Kier molecular flexibility index (Phi) is 41.5. The summed E-state index contributed by atoms with van der Waals surface area (Å²) in [4.78, 5) is 38.7. The lowest BCUT2D eigenvalue weighted by Gasteiger charge is -2.23. The van der Waals surface area contributed by atoms with Crippen LogP contribution in [0.3, 0.4) is 0 Å². The van der Waals surface area contributed by atoms with E-state index >= 15 is 0 Å². The van der Waals surface area contributed by atoms with E-state index in [4.69, 9.17) is 40.9 Å². The summed E-state index contributed by atoms with van der Waals surface area (Å²) >= 11 is 0. The fourth-order valence-corrected chi connectivity index (χ4v) is 1.38. The zero-order valence-electron chi connectivity index (χ0n) is 21.6. The lowest BCUT2D eigenvalue weighted by molar-refractivity contribution is -0.138. The Hall–Kier alpha value is -2.28. The van der Waals surface area contributed by atoms with Crippen molar-refractivity contribution in [2.45, 2.75) is 91.9 Å². The highest BCUT2D eigenvalue weighted by atomic mass is 16.4. The zero-order chi connectivity index (χ0) is 28.7. The summed E-state index contributed by atoms with van der Waals surface area (Å²) in [6, 6.07) is 0. The third-order valence-corrected chi connectivity index (χ3v) is 3.76. The minimum Gasteiger partial charge on any atom is -0.481 e.